The van der Waals surface area contributed by atoms with Crippen molar-refractivity contribution < 1.29 is 13.9 Å². The number of amides is 1. The van der Waals surface area contributed by atoms with Gasteiger partial charge in [-0.2, -0.15) is 0 Å². The first-order valence-corrected chi connectivity index (χ1v) is 5.82. The van der Waals surface area contributed by atoms with Crippen LogP contribution in [-0.4, -0.2) is 23.5 Å². The van der Waals surface area contributed by atoms with Crippen LogP contribution in [0.5, 0.6) is 5.75 Å². The zero-order valence-electron chi connectivity index (χ0n) is 10.2. The van der Waals surface area contributed by atoms with Gasteiger partial charge in [0, 0.05) is 11.6 Å². The highest BCUT2D eigenvalue weighted by atomic mass is 32.1. The molecule has 0 fully saturated rings. The second-order valence-corrected chi connectivity index (χ2v) is 4.46. The molecule has 0 saturated carbocycles. The zero-order chi connectivity index (χ0) is 13.7. The number of rotatable bonds is 5. The fourth-order valence-corrected chi connectivity index (χ4v) is 1.41. The quantitative estimate of drug-likeness (QED) is 0.793. The van der Waals surface area contributed by atoms with E-state index in [9.17, 15) is 9.18 Å². The van der Waals surface area contributed by atoms with Gasteiger partial charge in [0.1, 0.15) is 4.99 Å². The fraction of sp³-hybridized carbons (Fsp3) is 0.333. The molecule has 4 nitrogen and oxygen atoms in total. The molecule has 18 heavy (non-hydrogen) atoms. The van der Waals surface area contributed by atoms with Crippen LogP contribution in [0.25, 0.3) is 0 Å². The fourth-order valence-electron chi connectivity index (χ4n) is 1.28. The summed E-state index contributed by atoms with van der Waals surface area (Å²) in [4.78, 5) is 11.4. The lowest BCUT2D eigenvalue weighted by Gasteiger charge is -2.10. The Kier molecular flexibility index (Phi) is 5.03. The van der Waals surface area contributed by atoms with Crippen LogP contribution in [0.4, 0.5) is 4.39 Å². The normalized spacial score (nSPS) is 10.2. The van der Waals surface area contributed by atoms with Crippen LogP contribution in [0.15, 0.2) is 18.2 Å². The van der Waals surface area contributed by atoms with Crippen LogP contribution in [0.1, 0.15) is 19.4 Å². The van der Waals surface area contributed by atoms with E-state index in [0.717, 1.165) is 0 Å². The molecule has 3 N–H and O–H groups in total. The number of hydrogen-bond donors (Lipinski definition) is 2. The van der Waals surface area contributed by atoms with Crippen molar-refractivity contribution >= 4 is 23.1 Å². The number of thiocarbonyl (C=S) groups is 1. The molecule has 6 heteroatoms. The second kappa shape index (κ2) is 6.30. The molecule has 1 amide bonds. The number of carbonyl (C=O) groups is 1. The first-order valence-electron chi connectivity index (χ1n) is 5.41. The topological polar surface area (TPSA) is 64.3 Å². The van der Waals surface area contributed by atoms with E-state index in [1.165, 1.54) is 12.1 Å². The molecule has 0 aliphatic carbocycles. The molecule has 0 radical (unpaired) electrons. The van der Waals surface area contributed by atoms with Crippen molar-refractivity contribution in [3.63, 3.8) is 0 Å². The van der Waals surface area contributed by atoms with E-state index in [1.54, 1.807) is 6.07 Å². The number of halogens is 1. The number of nitrogens with one attached hydrogen (secondary N) is 1. The largest absolute Gasteiger partial charge is 0.481 e. The monoisotopic (exact) mass is 270 g/mol. The molecule has 0 aliphatic heterocycles. The Hall–Kier alpha value is -1.69. The van der Waals surface area contributed by atoms with E-state index < -0.39 is 5.82 Å². The maximum absolute atomic E-state index is 13.6. The van der Waals surface area contributed by atoms with Crippen molar-refractivity contribution in [3.8, 4) is 5.75 Å². The smallest absolute Gasteiger partial charge is 0.258 e. The standard InChI is InChI=1S/C12H15FN2O2S/c1-7(2)15-11(16)6-17-10-4-3-8(12(14)18)5-9(10)13/h3-5,7H,6H2,1-2H3,(H2,14,18)(H,15,16). The SMILES string of the molecule is CC(C)NC(=O)COc1ccc(C(N)=S)cc1F. The van der Waals surface area contributed by atoms with Gasteiger partial charge in [-0.05, 0) is 32.0 Å². The third-order valence-electron chi connectivity index (χ3n) is 2.02. The predicted octanol–water partition coefficient (Wildman–Crippen LogP) is 1.36. The minimum absolute atomic E-state index is 0.00564. The summed E-state index contributed by atoms with van der Waals surface area (Å²) < 4.78 is 18.6. The summed E-state index contributed by atoms with van der Waals surface area (Å²) in [5.41, 5.74) is 5.79. The highest BCUT2D eigenvalue weighted by Gasteiger charge is 2.09. The molecule has 0 atom stereocenters. The number of nitrogens with two attached hydrogens (primary N) is 1. The summed E-state index contributed by atoms with van der Waals surface area (Å²) in [6.07, 6.45) is 0. The molecule has 1 rings (SSSR count). The van der Waals surface area contributed by atoms with Crippen LogP contribution >= 0.6 is 12.2 Å². The van der Waals surface area contributed by atoms with Crippen LogP contribution in [0.3, 0.4) is 0 Å². The molecule has 0 unspecified atom stereocenters. The van der Waals surface area contributed by atoms with Crippen molar-refractivity contribution in [1.29, 1.82) is 0 Å². The molecule has 0 aliphatic rings. The van der Waals surface area contributed by atoms with Gasteiger partial charge in [-0.15, -0.1) is 0 Å². The lowest BCUT2D eigenvalue weighted by atomic mass is 10.2. The average Bonchev–Trinajstić information content (AvgIpc) is 2.26. The van der Waals surface area contributed by atoms with Gasteiger partial charge in [-0.1, -0.05) is 12.2 Å². The highest BCUT2D eigenvalue weighted by Crippen LogP contribution is 2.18. The van der Waals surface area contributed by atoms with E-state index in [4.69, 9.17) is 22.7 Å². The predicted molar refractivity (Wildman–Crippen MR) is 71.1 cm³/mol. The Morgan fingerprint density at radius 2 is 2.22 bits per heavy atom. The lowest BCUT2D eigenvalue weighted by molar-refractivity contribution is -0.123. The van der Waals surface area contributed by atoms with Gasteiger partial charge in [0.25, 0.3) is 5.91 Å². The van der Waals surface area contributed by atoms with Crippen molar-refractivity contribution in [2.24, 2.45) is 5.73 Å². The summed E-state index contributed by atoms with van der Waals surface area (Å²) in [5.74, 6) is -0.908. The van der Waals surface area contributed by atoms with Gasteiger partial charge in [0.15, 0.2) is 18.2 Å². The van der Waals surface area contributed by atoms with Gasteiger partial charge >= 0.3 is 0 Å². The molecule has 0 bridgehead atoms. The van der Waals surface area contributed by atoms with E-state index in [-0.39, 0.29) is 29.3 Å². The summed E-state index contributed by atoms with van der Waals surface area (Å²) >= 11 is 4.72. The Balaban J connectivity index is 2.63. The van der Waals surface area contributed by atoms with Crippen molar-refractivity contribution in [2.75, 3.05) is 6.61 Å². The van der Waals surface area contributed by atoms with Crippen molar-refractivity contribution in [1.82, 2.24) is 5.32 Å². The van der Waals surface area contributed by atoms with Gasteiger partial charge in [-0.3, -0.25) is 4.79 Å². The molecule has 1 aromatic rings. The Morgan fingerprint density at radius 1 is 1.56 bits per heavy atom. The number of hydrogen-bond acceptors (Lipinski definition) is 3. The third-order valence-corrected chi connectivity index (χ3v) is 2.26. The lowest BCUT2D eigenvalue weighted by Crippen LogP contribution is -2.34. The van der Waals surface area contributed by atoms with Crippen molar-refractivity contribution in [2.45, 2.75) is 19.9 Å². The number of benzene rings is 1. The van der Waals surface area contributed by atoms with Gasteiger partial charge < -0.3 is 15.8 Å². The van der Waals surface area contributed by atoms with Gasteiger partial charge in [0.05, 0.1) is 0 Å². The number of ether oxygens (including phenoxy) is 1. The maximum atomic E-state index is 13.6. The minimum atomic E-state index is -0.599. The van der Waals surface area contributed by atoms with Crippen LogP contribution in [0, 0.1) is 5.82 Å². The maximum Gasteiger partial charge on any atom is 0.258 e. The molecule has 0 saturated heterocycles. The highest BCUT2D eigenvalue weighted by molar-refractivity contribution is 7.80. The van der Waals surface area contributed by atoms with Crippen LogP contribution < -0.4 is 15.8 Å². The van der Waals surface area contributed by atoms with Crippen LogP contribution in [0.2, 0.25) is 0 Å². The minimum Gasteiger partial charge on any atom is -0.481 e. The van der Waals surface area contributed by atoms with Gasteiger partial charge in [-0.25, -0.2) is 4.39 Å². The van der Waals surface area contributed by atoms with E-state index >= 15 is 0 Å². The summed E-state index contributed by atoms with van der Waals surface area (Å²) in [6, 6.07) is 4.13. The Morgan fingerprint density at radius 3 is 2.72 bits per heavy atom. The first kappa shape index (κ1) is 14.4. The molecule has 0 heterocycles. The Bertz CT molecular complexity index is 463. The van der Waals surface area contributed by atoms with E-state index in [0.29, 0.717) is 5.56 Å². The molecule has 1 aromatic carbocycles. The van der Waals surface area contributed by atoms with E-state index in [1.807, 2.05) is 13.8 Å². The van der Waals surface area contributed by atoms with E-state index in [2.05, 4.69) is 5.32 Å². The number of carbonyl (C=O) groups excluding carboxylic acids is 1. The first-order chi connectivity index (χ1) is 8.40. The second-order valence-electron chi connectivity index (χ2n) is 4.02. The summed E-state index contributed by atoms with van der Waals surface area (Å²) in [6.45, 7) is 3.42. The Labute approximate surface area is 110 Å². The summed E-state index contributed by atoms with van der Waals surface area (Å²) in [5, 5.41) is 2.63. The summed E-state index contributed by atoms with van der Waals surface area (Å²) in [7, 11) is 0. The van der Waals surface area contributed by atoms with Gasteiger partial charge in [0.2, 0.25) is 0 Å². The van der Waals surface area contributed by atoms with Crippen molar-refractivity contribution in [3.05, 3.63) is 29.6 Å². The van der Waals surface area contributed by atoms with Crippen LogP contribution in [-0.2, 0) is 4.79 Å². The molecular weight excluding hydrogens is 255 g/mol. The molecule has 98 valence electrons. The average molecular weight is 270 g/mol. The molecule has 0 aromatic heterocycles. The molecule has 0 spiro atoms. The third kappa shape index (κ3) is 4.29. The zero-order valence-corrected chi connectivity index (χ0v) is 11.0. The molecular formula is C12H15FN2O2S.